The second-order valence-electron chi connectivity index (χ2n) is 13.5. The van der Waals surface area contributed by atoms with Gasteiger partial charge in [-0.3, -0.25) is 9.69 Å². The van der Waals surface area contributed by atoms with E-state index in [0.29, 0.717) is 19.4 Å². The van der Waals surface area contributed by atoms with Crippen LogP contribution in [0.1, 0.15) is 89.0 Å². The molecule has 1 aliphatic rings. The van der Waals surface area contributed by atoms with Crippen LogP contribution in [0, 0.1) is 11.8 Å². The van der Waals surface area contributed by atoms with Crippen LogP contribution in [-0.2, 0) is 23.5 Å². The van der Waals surface area contributed by atoms with Gasteiger partial charge in [-0.25, -0.2) is 9.59 Å². The molecular formula is C26H49NO6Si. The van der Waals surface area contributed by atoms with E-state index in [4.69, 9.17) is 13.9 Å². The van der Waals surface area contributed by atoms with E-state index in [1.54, 1.807) is 41.5 Å². The molecule has 1 heterocycles. The van der Waals surface area contributed by atoms with E-state index in [-0.39, 0.29) is 22.7 Å². The summed E-state index contributed by atoms with van der Waals surface area (Å²) in [4.78, 5) is 41.4. The minimum absolute atomic E-state index is 0.00153. The quantitative estimate of drug-likeness (QED) is 0.317. The zero-order valence-electron chi connectivity index (χ0n) is 23.8. The minimum Gasteiger partial charge on any atom is -0.458 e. The number of ether oxygens (including phenoxy) is 2. The Morgan fingerprint density at radius 1 is 0.912 bits per heavy atom. The number of hydrogen-bond donors (Lipinski definition) is 0. The first-order chi connectivity index (χ1) is 15.1. The highest BCUT2D eigenvalue weighted by atomic mass is 28.4. The number of nitrogens with zero attached hydrogens (tertiary/aromatic N) is 1. The van der Waals surface area contributed by atoms with Crippen LogP contribution in [0.5, 0.6) is 0 Å². The Kier molecular flexibility index (Phi) is 9.62. The maximum Gasteiger partial charge on any atom is 0.411 e. The molecule has 1 aliphatic heterocycles. The van der Waals surface area contributed by atoms with Crippen molar-refractivity contribution >= 4 is 26.2 Å². The highest BCUT2D eigenvalue weighted by molar-refractivity contribution is 6.74. The van der Waals surface area contributed by atoms with Crippen molar-refractivity contribution in [3.8, 4) is 0 Å². The van der Waals surface area contributed by atoms with Crippen LogP contribution in [0.2, 0.25) is 18.1 Å². The molecule has 0 aromatic heterocycles. The van der Waals surface area contributed by atoms with Gasteiger partial charge in [0.25, 0.3) is 0 Å². The first-order valence-electron chi connectivity index (χ1n) is 12.5. The summed E-state index contributed by atoms with van der Waals surface area (Å²) in [5.74, 6) is -0.785. The monoisotopic (exact) mass is 499 g/mol. The summed E-state index contributed by atoms with van der Waals surface area (Å²) in [6.45, 7) is 25.7. The first-order valence-corrected chi connectivity index (χ1v) is 15.4. The molecule has 0 spiro atoms. The van der Waals surface area contributed by atoms with Crippen molar-refractivity contribution in [3.05, 3.63) is 0 Å². The van der Waals surface area contributed by atoms with Crippen LogP contribution in [0.3, 0.4) is 0 Å². The molecular weight excluding hydrogens is 450 g/mol. The summed E-state index contributed by atoms with van der Waals surface area (Å²) < 4.78 is 17.8. The van der Waals surface area contributed by atoms with E-state index in [2.05, 4.69) is 33.9 Å². The maximum atomic E-state index is 13.5. The summed E-state index contributed by atoms with van der Waals surface area (Å²) in [5, 5.41) is -0.00153. The Labute approximate surface area is 208 Å². The average molecular weight is 500 g/mol. The third-order valence-electron chi connectivity index (χ3n) is 6.29. The molecule has 0 radical (unpaired) electrons. The molecule has 34 heavy (non-hydrogen) atoms. The second kappa shape index (κ2) is 10.7. The van der Waals surface area contributed by atoms with Crippen molar-refractivity contribution in [1.82, 2.24) is 4.90 Å². The molecule has 1 saturated heterocycles. The van der Waals surface area contributed by atoms with Crippen LogP contribution in [-0.4, -0.2) is 61.0 Å². The van der Waals surface area contributed by atoms with Gasteiger partial charge in [0.05, 0.1) is 6.04 Å². The van der Waals surface area contributed by atoms with Gasteiger partial charge in [-0.15, -0.1) is 0 Å². The molecule has 0 aliphatic carbocycles. The number of amides is 1. The van der Waals surface area contributed by atoms with E-state index in [0.717, 1.165) is 0 Å². The molecule has 7 nitrogen and oxygen atoms in total. The second-order valence-corrected chi connectivity index (χ2v) is 18.3. The molecule has 0 N–H and O–H groups in total. The summed E-state index contributed by atoms with van der Waals surface area (Å²) in [6.07, 6.45) is -0.0564. The molecule has 0 bridgehead atoms. The van der Waals surface area contributed by atoms with Gasteiger partial charge in [-0.05, 0) is 72.0 Å². The van der Waals surface area contributed by atoms with Crippen LogP contribution in [0.25, 0.3) is 0 Å². The number of carbonyl (C=O) groups excluding carboxylic acids is 3. The Hall–Kier alpha value is -1.41. The number of rotatable bonds is 7. The highest BCUT2D eigenvalue weighted by Crippen LogP contribution is 2.40. The van der Waals surface area contributed by atoms with Crippen LogP contribution in [0.15, 0.2) is 0 Å². The molecule has 198 valence electrons. The van der Waals surface area contributed by atoms with Crippen molar-refractivity contribution < 1.29 is 28.3 Å². The van der Waals surface area contributed by atoms with Gasteiger partial charge in [0.1, 0.15) is 17.2 Å². The standard InChI is InChI=1S/C26H49NO6Si/c1-17(2)14-20(28)21-18(16-31-34(12,13)26(9,10)11)15-19(22(29)32-24(3,4)5)27(21)23(30)33-25(6,7)8/h17-19,21H,14-16H2,1-13H3/t18-,19?,21+/m0/s1. The van der Waals surface area contributed by atoms with Crippen molar-refractivity contribution in [2.24, 2.45) is 11.8 Å². The van der Waals surface area contributed by atoms with E-state index in [9.17, 15) is 14.4 Å². The SMILES string of the molecule is CC(C)CC(=O)[C@H]1[C@H](CO[Si](C)(C)C(C)(C)C)CC(C(=O)OC(C)(C)C)N1C(=O)OC(C)(C)C. The summed E-state index contributed by atoms with van der Waals surface area (Å²) >= 11 is 0. The minimum atomic E-state index is -2.11. The molecule has 0 aromatic rings. The molecule has 0 aromatic carbocycles. The predicted molar refractivity (Wildman–Crippen MR) is 137 cm³/mol. The van der Waals surface area contributed by atoms with E-state index >= 15 is 0 Å². The zero-order chi connectivity index (χ0) is 26.9. The first kappa shape index (κ1) is 30.6. The normalized spacial score (nSPS) is 22.2. The maximum absolute atomic E-state index is 13.5. The highest BCUT2D eigenvalue weighted by Gasteiger charge is 2.53. The Morgan fingerprint density at radius 3 is 1.82 bits per heavy atom. The van der Waals surface area contributed by atoms with Gasteiger partial charge in [0.2, 0.25) is 0 Å². The van der Waals surface area contributed by atoms with Gasteiger partial charge in [0, 0.05) is 18.9 Å². The molecule has 1 fully saturated rings. The fraction of sp³-hybridized carbons (Fsp3) is 0.885. The Morgan fingerprint density at radius 2 is 1.41 bits per heavy atom. The summed E-state index contributed by atoms with van der Waals surface area (Å²) in [5.41, 5.74) is -1.49. The predicted octanol–water partition coefficient (Wildman–Crippen LogP) is 5.96. The zero-order valence-corrected chi connectivity index (χ0v) is 24.8. The number of likely N-dealkylation sites (tertiary alicyclic amines) is 1. The largest absolute Gasteiger partial charge is 0.458 e. The fourth-order valence-corrected chi connectivity index (χ4v) is 4.78. The van der Waals surface area contributed by atoms with Gasteiger partial charge in [0.15, 0.2) is 14.1 Å². The molecule has 1 rings (SSSR count). The smallest absolute Gasteiger partial charge is 0.411 e. The average Bonchev–Trinajstić information content (AvgIpc) is 2.95. The van der Waals surface area contributed by atoms with Crippen molar-refractivity contribution in [2.75, 3.05) is 6.61 Å². The number of ketones is 1. The Balaban J connectivity index is 3.43. The number of esters is 1. The van der Waals surface area contributed by atoms with Crippen molar-refractivity contribution in [2.45, 2.75) is 130 Å². The lowest BCUT2D eigenvalue weighted by Gasteiger charge is -2.38. The molecule has 3 atom stereocenters. The van der Waals surface area contributed by atoms with Crippen LogP contribution < -0.4 is 0 Å². The van der Waals surface area contributed by atoms with Crippen LogP contribution >= 0.6 is 0 Å². The molecule has 1 amide bonds. The fourth-order valence-electron chi connectivity index (χ4n) is 3.72. The summed E-state index contributed by atoms with van der Waals surface area (Å²) in [6, 6.07) is -1.69. The van der Waals surface area contributed by atoms with Gasteiger partial charge >= 0.3 is 12.1 Å². The molecule has 8 heteroatoms. The Bertz CT molecular complexity index is 742. The topological polar surface area (TPSA) is 82.1 Å². The van der Waals surface area contributed by atoms with E-state index in [1.807, 2.05) is 13.8 Å². The lowest BCUT2D eigenvalue weighted by molar-refractivity contribution is -0.160. The van der Waals surface area contributed by atoms with Gasteiger partial charge in [-0.2, -0.15) is 0 Å². The van der Waals surface area contributed by atoms with Gasteiger partial charge < -0.3 is 13.9 Å². The van der Waals surface area contributed by atoms with E-state index < -0.39 is 43.7 Å². The third-order valence-corrected chi connectivity index (χ3v) is 10.8. The number of hydrogen-bond acceptors (Lipinski definition) is 6. The third kappa shape index (κ3) is 8.67. The number of Topliss-reactive ketones (excluding diaryl/α,β-unsaturated/α-hetero) is 1. The van der Waals surface area contributed by atoms with Gasteiger partial charge in [-0.1, -0.05) is 34.6 Å². The lowest BCUT2D eigenvalue weighted by atomic mass is 9.92. The van der Waals surface area contributed by atoms with Crippen LogP contribution in [0.4, 0.5) is 4.79 Å². The molecule has 0 saturated carbocycles. The van der Waals surface area contributed by atoms with Crippen molar-refractivity contribution in [1.29, 1.82) is 0 Å². The number of carbonyl (C=O) groups is 3. The van der Waals surface area contributed by atoms with E-state index in [1.165, 1.54) is 4.90 Å². The van der Waals surface area contributed by atoms with Crippen molar-refractivity contribution in [3.63, 3.8) is 0 Å². The lowest BCUT2D eigenvalue weighted by Crippen LogP contribution is -2.52. The summed E-state index contributed by atoms with van der Waals surface area (Å²) in [7, 11) is -2.11. The molecule has 1 unspecified atom stereocenters.